The molecule has 1 unspecified atom stereocenters. The molecule has 1 rings (SSSR count). The highest BCUT2D eigenvalue weighted by Gasteiger charge is 2.21. The molecule has 0 saturated heterocycles. The third-order valence-electron chi connectivity index (χ3n) is 2.34. The molecule has 1 atom stereocenters. The van der Waals surface area contributed by atoms with Gasteiger partial charge in [-0.1, -0.05) is 31.9 Å². The Balaban J connectivity index is 2.88. The van der Waals surface area contributed by atoms with Crippen LogP contribution in [0.2, 0.25) is 5.02 Å². The summed E-state index contributed by atoms with van der Waals surface area (Å²) >= 11 is 10.2. The summed E-state index contributed by atoms with van der Waals surface area (Å²) in [6.07, 6.45) is 2.58. The Bertz CT molecular complexity index is 453. The minimum atomic E-state index is -3.44. The largest absolute Gasteiger partial charge is 0.250 e. The van der Waals surface area contributed by atoms with Gasteiger partial charge in [0, 0.05) is 6.04 Å². The number of rotatable bonds is 6. The lowest BCUT2D eigenvalue weighted by Crippen LogP contribution is -2.33. The topological polar surface area (TPSA) is 46.2 Å². The second kappa shape index (κ2) is 6.52. The van der Waals surface area contributed by atoms with Gasteiger partial charge in [0.1, 0.15) is 4.21 Å². The molecule has 3 nitrogen and oxygen atoms in total. The quantitative estimate of drug-likeness (QED) is 0.832. The average Bonchev–Trinajstić information content (AvgIpc) is 2.59. The van der Waals surface area contributed by atoms with Crippen molar-refractivity contribution in [2.24, 2.45) is 0 Å². The van der Waals surface area contributed by atoms with Crippen LogP contribution >= 0.6 is 38.9 Å². The Kier molecular flexibility index (Phi) is 5.92. The molecule has 0 aromatic carbocycles. The van der Waals surface area contributed by atoms with Crippen molar-refractivity contribution in [3.63, 3.8) is 0 Å². The van der Waals surface area contributed by atoms with E-state index in [1.54, 1.807) is 0 Å². The molecule has 0 saturated carbocycles. The number of nitrogens with one attached hydrogen (secondary N) is 1. The molecule has 0 spiro atoms. The number of sulfonamides is 1. The van der Waals surface area contributed by atoms with Crippen LogP contribution in [0.1, 0.15) is 33.1 Å². The van der Waals surface area contributed by atoms with Crippen LogP contribution in [0.4, 0.5) is 0 Å². The fourth-order valence-corrected chi connectivity index (χ4v) is 5.20. The number of hydrogen-bond donors (Lipinski definition) is 1. The smallest absolute Gasteiger partial charge is 0.207 e. The molecule has 0 radical (unpaired) electrons. The molecule has 0 aliphatic rings. The fraction of sp³-hybridized carbons (Fsp3) is 0.600. The predicted octanol–water partition coefficient (Wildman–Crippen LogP) is 4.02. The zero-order chi connectivity index (χ0) is 13.1. The van der Waals surface area contributed by atoms with Crippen LogP contribution in [-0.4, -0.2) is 14.5 Å². The molecule has 0 aliphatic heterocycles. The second-order valence-corrected chi connectivity index (χ2v) is 8.42. The molecule has 0 bridgehead atoms. The molecular weight excluding hydrogens is 346 g/mol. The summed E-state index contributed by atoms with van der Waals surface area (Å²) in [5.74, 6) is 0. The van der Waals surface area contributed by atoms with Gasteiger partial charge in [-0.2, -0.15) is 0 Å². The van der Waals surface area contributed by atoms with Crippen LogP contribution in [0.25, 0.3) is 0 Å². The van der Waals surface area contributed by atoms with Gasteiger partial charge in [-0.3, -0.25) is 0 Å². The van der Waals surface area contributed by atoms with Crippen molar-refractivity contribution in [2.45, 2.75) is 43.4 Å². The SMILES string of the molecule is CCCC(CC)NS(=O)(=O)c1cc(Cl)c(Br)s1. The minimum absolute atomic E-state index is 0.00958. The van der Waals surface area contributed by atoms with Gasteiger partial charge >= 0.3 is 0 Å². The maximum absolute atomic E-state index is 12.1. The highest BCUT2D eigenvalue weighted by molar-refractivity contribution is 9.11. The standard InChI is InChI=1S/C10H15BrClNO2S2/c1-3-5-7(4-2)13-17(14,15)9-6-8(12)10(11)16-9/h6-7,13H,3-5H2,1-2H3. The van der Waals surface area contributed by atoms with Gasteiger partial charge < -0.3 is 0 Å². The van der Waals surface area contributed by atoms with Gasteiger partial charge in [0.2, 0.25) is 10.0 Å². The lowest BCUT2D eigenvalue weighted by molar-refractivity contribution is 0.513. The van der Waals surface area contributed by atoms with E-state index in [9.17, 15) is 8.42 Å². The Morgan fingerprint density at radius 1 is 1.53 bits per heavy atom. The molecule has 0 fully saturated rings. The third-order valence-corrected chi connectivity index (χ3v) is 6.81. The molecule has 1 heterocycles. The van der Waals surface area contributed by atoms with Crippen LogP contribution in [-0.2, 0) is 10.0 Å². The third kappa shape index (κ3) is 4.21. The Hall–Kier alpha value is 0.380. The first-order chi connectivity index (χ1) is 7.90. The van der Waals surface area contributed by atoms with E-state index in [0.717, 1.165) is 30.6 Å². The summed E-state index contributed by atoms with van der Waals surface area (Å²) < 4.78 is 27.7. The zero-order valence-electron chi connectivity index (χ0n) is 9.66. The first kappa shape index (κ1) is 15.4. The summed E-state index contributed by atoms with van der Waals surface area (Å²) in [6, 6.07) is 1.46. The summed E-state index contributed by atoms with van der Waals surface area (Å²) in [7, 11) is -3.44. The van der Waals surface area contributed by atoms with Gasteiger partial charge in [-0.15, -0.1) is 11.3 Å². The lowest BCUT2D eigenvalue weighted by atomic mass is 10.1. The van der Waals surface area contributed by atoms with E-state index in [-0.39, 0.29) is 10.3 Å². The molecular formula is C10H15BrClNO2S2. The van der Waals surface area contributed by atoms with Gasteiger partial charge in [-0.25, -0.2) is 13.1 Å². The number of thiophene rings is 1. The molecule has 7 heteroatoms. The van der Waals surface area contributed by atoms with Gasteiger partial charge in [0.25, 0.3) is 0 Å². The highest BCUT2D eigenvalue weighted by Crippen LogP contribution is 2.34. The second-order valence-electron chi connectivity index (χ2n) is 3.70. The van der Waals surface area contributed by atoms with E-state index in [1.165, 1.54) is 6.07 Å². The lowest BCUT2D eigenvalue weighted by Gasteiger charge is -2.15. The molecule has 1 aromatic heterocycles. The van der Waals surface area contributed by atoms with Crippen molar-refractivity contribution in [3.8, 4) is 0 Å². The molecule has 1 N–H and O–H groups in total. The monoisotopic (exact) mass is 359 g/mol. The van der Waals surface area contributed by atoms with Gasteiger partial charge in [0.15, 0.2) is 0 Å². The average molecular weight is 361 g/mol. The fourth-order valence-electron chi connectivity index (χ4n) is 1.43. The van der Waals surface area contributed by atoms with Crippen molar-refractivity contribution in [1.82, 2.24) is 4.72 Å². The van der Waals surface area contributed by atoms with Gasteiger partial charge in [-0.05, 0) is 34.8 Å². The molecule has 0 amide bonds. The molecule has 0 aliphatic carbocycles. The Labute approximate surface area is 120 Å². The van der Waals surface area contributed by atoms with Gasteiger partial charge in [0.05, 0.1) is 8.81 Å². The summed E-state index contributed by atoms with van der Waals surface area (Å²) in [6.45, 7) is 4.01. The Morgan fingerprint density at radius 2 is 2.18 bits per heavy atom. The van der Waals surface area contributed by atoms with E-state index in [1.807, 2.05) is 13.8 Å². The van der Waals surface area contributed by atoms with E-state index in [4.69, 9.17) is 11.6 Å². The van der Waals surface area contributed by atoms with Crippen molar-refractivity contribution in [1.29, 1.82) is 0 Å². The van der Waals surface area contributed by atoms with E-state index >= 15 is 0 Å². The molecule has 17 heavy (non-hydrogen) atoms. The summed E-state index contributed by atoms with van der Waals surface area (Å²) in [5, 5.41) is 0.430. The zero-order valence-corrected chi connectivity index (χ0v) is 13.6. The van der Waals surface area contributed by atoms with Crippen molar-refractivity contribution >= 4 is 48.9 Å². The number of hydrogen-bond acceptors (Lipinski definition) is 3. The molecule has 1 aromatic rings. The summed E-state index contributed by atoms with van der Waals surface area (Å²) in [4.78, 5) is 0. The molecule has 98 valence electrons. The van der Waals surface area contributed by atoms with Crippen LogP contribution in [0.3, 0.4) is 0 Å². The van der Waals surface area contributed by atoms with Crippen molar-refractivity contribution in [3.05, 3.63) is 14.9 Å². The predicted molar refractivity (Wildman–Crippen MR) is 76.3 cm³/mol. The van der Waals surface area contributed by atoms with Crippen LogP contribution in [0.5, 0.6) is 0 Å². The van der Waals surface area contributed by atoms with Crippen LogP contribution in [0, 0.1) is 0 Å². The van der Waals surface area contributed by atoms with E-state index < -0.39 is 10.0 Å². The van der Waals surface area contributed by atoms with E-state index in [0.29, 0.717) is 8.81 Å². The first-order valence-electron chi connectivity index (χ1n) is 5.37. The highest BCUT2D eigenvalue weighted by atomic mass is 79.9. The van der Waals surface area contributed by atoms with Crippen molar-refractivity contribution < 1.29 is 8.42 Å². The Morgan fingerprint density at radius 3 is 2.59 bits per heavy atom. The maximum atomic E-state index is 12.1. The first-order valence-corrected chi connectivity index (χ1v) is 8.85. The van der Waals surface area contributed by atoms with E-state index in [2.05, 4.69) is 20.7 Å². The van der Waals surface area contributed by atoms with Crippen molar-refractivity contribution in [2.75, 3.05) is 0 Å². The maximum Gasteiger partial charge on any atom is 0.250 e. The van der Waals surface area contributed by atoms with Crippen LogP contribution in [0.15, 0.2) is 14.1 Å². The normalized spacial score (nSPS) is 13.9. The van der Waals surface area contributed by atoms with Crippen LogP contribution < -0.4 is 4.72 Å². The number of halogens is 2. The summed E-state index contributed by atoms with van der Waals surface area (Å²) in [5.41, 5.74) is 0. The minimum Gasteiger partial charge on any atom is -0.207 e.